The van der Waals surface area contributed by atoms with Crippen LogP contribution in [-0.2, 0) is 21.7 Å². The second-order valence-corrected chi connectivity index (χ2v) is 28.4. The van der Waals surface area contributed by atoms with Crippen molar-refractivity contribution in [2.24, 2.45) is 0 Å². The Labute approximate surface area is 434 Å². The molecule has 0 radical (unpaired) electrons. The second-order valence-electron chi connectivity index (χ2n) is 23.3. The van der Waals surface area contributed by atoms with Crippen molar-refractivity contribution in [2.75, 3.05) is 9.80 Å². The van der Waals surface area contributed by atoms with Crippen LogP contribution in [0.2, 0.25) is 5.02 Å². The minimum Gasteiger partial charge on any atom is -0.309 e. The molecule has 5 heteroatoms. The van der Waals surface area contributed by atoms with Crippen LogP contribution in [0.15, 0.2) is 200 Å². The number of nitrogens with zero attached hydrogens (tertiary/aromatic N) is 2. The predicted molar refractivity (Wildman–Crippen MR) is 315 cm³/mol. The number of halogens is 1. The maximum absolute atomic E-state index is 8.43. The highest BCUT2D eigenvalue weighted by Crippen LogP contribution is 2.50. The lowest BCUT2D eigenvalue weighted by molar-refractivity contribution is 0.590. The zero-order valence-electron chi connectivity index (χ0n) is 43.7. The first-order valence-electron chi connectivity index (χ1n) is 25.1. The molecule has 0 saturated heterocycles. The van der Waals surface area contributed by atoms with Gasteiger partial charge in [0.05, 0.1) is 22.1 Å². The molecule has 71 heavy (non-hydrogen) atoms. The van der Waals surface area contributed by atoms with Crippen LogP contribution in [0.5, 0.6) is 0 Å². The van der Waals surface area contributed by atoms with Crippen molar-refractivity contribution in [3.8, 4) is 0 Å². The summed E-state index contributed by atoms with van der Waals surface area (Å²) in [4.78, 5) is 4.86. The van der Waals surface area contributed by atoms with Gasteiger partial charge < -0.3 is 9.80 Å². The molecule has 0 aliphatic heterocycles. The molecule has 0 aliphatic carbocycles. The summed E-state index contributed by atoms with van der Waals surface area (Å²) < 4.78 is 1.23. The van der Waals surface area contributed by atoms with Crippen LogP contribution in [0, 0.1) is 0 Å². The summed E-state index contributed by atoms with van der Waals surface area (Å²) in [5.41, 5.74) is 11.1. The molecule has 0 aliphatic rings. The molecule has 0 atom stereocenters. The molecule has 2 nitrogen and oxygen atoms in total. The van der Waals surface area contributed by atoms with Gasteiger partial charge in [-0.2, -0.15) is 0 Å². The SMILES string of the molecule is CC(C)(C)c1ccc(N(c2ccc(C(C)(C)C)cc2)c2cc([Si](c3ccccc3)(c3ccccc3)c3ccccc3)cc(N(c3ccc(C(C)(C)C)cc3)c3csc4ccc(C(C)(C)C)cc34)c2Cl)cc1. The van der Waals surface area contributed by atoms with Crippen LogP contribution < -0.4 is 30.5 Å². The molecular formula is C66H69ClN2SSi. The highest BCUT2D eigenvalue weighted by atomic mass is 35.5. The number of fused-ring (bicyclic) bond motifs is 1. The first kappa shape index (κ1) is 49.8. The predicted octanol–water partition coefficient (Wildman–Crippen LogP) is 17.1. The van der Waals surface area contributed by atoms with E-state index < -0.39 is 8.07 Å². The molecular weight excluding hydrogens is 916 g/mol. The zero-order chi connectivity index (χ0) is 50.5. The van der Waals surface area contributed by atoms with E-state index in [0.29, 0.717) is 5.02 Å². The minimum absolute atomic E-state index is 0.0199. The molecule has 0 saturated carbocycles. The fourth-order valence-corrected chi connectivity index (χ4v) is 16.0. The molecule has 1 heterocycles. The Morgan fingerprint density at radius 1 is 0.352 bits per heavy atom. The molecule has 1 aromatic heterocycles. The number of hydrogen-bond acceptors (Lipinski definition) is 3. The van der Waals surface area contributed by atoms with Crippen LogP contribution >= 0.6 is 22.9 Å². The van der Waals surface area contributed by atoms with E-state index in [2.05, 4.69) is 292 Å². The van der Waals surface area contributed by atoms with E-state index in [1.54, 1.807) is 11.3 Å². The molecule has 0 bridgehead atoms. The summed E-state index contributed by atoms with van der Waals surface area (Å²) in [6, 6.07) is 73.0. The molecule has 0 unspecified atom stereocenters. The van der Waals surface area contributed by atoms with Crippen molar-refractivity contribution in [3.05, 3.63) is 227 Å². The average Bonchev–Trinajstić information content (AvgIpc) is 3.76. The smallest absolute Gasteiger partial charge is 0.179 e. The molecule has 0 fully saturated rings. The van der Waals surface area contributed by atoms with E-state index in [9.17, 15) is 0 Å². The lowest BCUT2D eigenvalue weighted by Crippen LogP contribution is -2.74. The fraction of sp³-hybridized carbons (Fsp3) is 0.242. The molecule has 9 aromatic rings. The van der Waals surface area contributed by atoms with Crippen molar-refractivity contribution in [1.82, 2.24) is 0 Å². The lowest BCUT2D eigenvalue weighted by atomic mass is 9.86. The Kier molecular flexibility index (Phi) is 13.4. The van der Waals surface area contributed by atoms with Crippen molar-refractivity contribution in [1.29, 1.82) is 0 Å². The number of rotatable bonds is 10. The van der Waals surface area contributed by atoms with E-state index in [-0.39, 0.29) is 21.7 Å². The standard InChI is InChI=1S/C66H69ClN2SSi/c1-63(2,3)46-28-35-50(36-29-46)68(51-37-30-47(31-38-51)64(4,5)6)58-43-56(71(53-22-16-13-17-23-53,54-24-18-14-19-25-54)55-26-20-15-21-27-55)44-59(62(58)67)69(52-39-32-48(33-40-52)65(7,8)9)60-45-70-61-41-34-49(42-57(60)61)66(10,11)12/h13-45H,1-12H3. The Morgan fingerprint density at radius 3 is 1.06 bits per heavy atom. The van der Waals surface area contributed by atoms with E-state index >= 15 is 0 Å². The van der Waals surface area contributed by atoms with Crippen molar-refractivity contribution >= 4 is 96.0 Å². The Bertz CT molecular complexity index is 3110. The van der Waals surface area contributed by atoms with Crippen LogP contribution in [0.3, 0.4) is 0 Å². The molecule has 0 N–H and O–H groups in total. The summed E-state index contributed by atoms with van der Waals surface area (Å²) >= 11 is 10.2. The largest absolute Gasteiger partial charge is 0.309 e. The highest BCUT2D eigenvalue weighted by Gasteiger charge is 2.43. The number of hydrogen-bond donors (Lipinski definition) is 0. The van der Waals surface area contributed by atoms with Gasteiger partial charge in [-0.25, -0.2) is 0 Å². The van der Waals surface area contributed by atoms with Crippen LogP contribution in [0.25, 0.3) is 10.1 Å². The summed E-state index contributed by atoms with van der Waals surface area (Å²) in [5, 5.41) is 9.32. The van der Waals surface area contributed by atoms with Crippen LogP contribution in [0.4, 0.5) is 34.1 Å². The minimum atomic E-state index is -3.16. The lowest BCUT2D eigenvalue weighted by Gasteiger charge is -2.38. The highest BCUT2D eigenvalue weighted by molar-refractivity contribution is 7.20. The van der Waals surface area contributed by atoms with Gasteiger partial charge in [0.2, 0.25) is 0 Å². The third kappa shape index (κ3) is 9.79. The van der Waals surface area contributed by atoms with Gasteiger partial charge in [-0.05, 0) is 125 Å². The van der Waals surface area contributed by atoms with Crippen LogP contribution in [-0.4, -0.2) is 8.07 Å². The maximum Gasteiger partial charge on any atom is 0.179 e. The van der Waals surface area contributed by atoms with E-state index in [1.807, 2.05) is 0 Å². The summed E-state index contributed by atoms with van der Waals surface area (Å²) in [7, 11) is -3.16. The molecule has 360 valence electrons. The van der Waals surface area contributed by atoms with Gasteiger partial charge in [-0.1, -0.05) is 228 Å². The monoisotopic (exact) mass is 984 g/mol. The number of benzene rings is 8. The van der Waals surface area contributed by atoms with Gasteiger partial charge >= 0.3 is 0 Å². The van der Waals surface area contributed by atoms with Crippen molar-refractivity contribution < 1.29 is 0 Å². The average molecular weight is 986 g/mol. The van der Waals surface area contributed by atoms with E-state index in [0.717, 1.165) is 34.1 Å². The normalized spacial score (nSPS) is 12.6. The van der Waals surface area contributed by atoms with Gasteiger partial charge in [-0.3, -0.25) is 0 Å². The van der Waals surface area contributed by atoms with Gasteiger partial charge in [0.1, 0.15) is 0 Å². The first-order chi connectivity index (χ1) is 33.7. The van der Waals surface area contributed by atoms with E-state index in [1.165, 1.54) is 53.1 Å². The summed E-state index contributed by atoms with van der Waals surface area (Å²) in [6.07, 6.45) is 0. The van der Waals surface area contributed by atoms with Crippen molar-refractivity contribution in [2.45, 2.75) is 105 Å². The van der Waals surface area contributed by atoms with Crippen LogP contribution in [0.1, 0.15) is 105 Å². The molecule has 8 aromatic carbocycles. The number of thiophene rings is 1. The maximum atomic E-state index is 8.43. The van der Waals surface area contributed by atoms with Gasteiger partial charge in [0.15, 0.2) is 8.07 Å². The number of anilines is 6. The Morgan fingerprint density at radius 2 is 0.690 bits per heavy atom. The van der Waals surface area contributed by atoms with Crippen molar-refractivity contribution in [3.63, 3.8) is 0 Å². The fourth-order valence-electron chi connectivity index (χ4n) is 10.0. The van der Waals surface area contributed by atoms with Gasteiger partial charge in [0.25, 0.3) is 0 Å². The Balaban J connectivity index is 1.46. The molecule has 0 spiro atoms. The third-order valence-electron chi connectivity index (χ3n) is 14.2. The second kappa shape index (κ2) is 19.1. The Hall–Kier alpha value is -6.17. The summed E-state index contributed by atoms with van der Waals surface area (Å²) in [5.74, 6) is 0. The third-order valence-corrected chi connectivity index (χ3v) is 20.3. The van der Waals surface area contributed by atoms with Gasteiger partial charge in [-0.15, -0.1) is 11.3 Å². The zero-order valence-corrected chi connectivity index (χ0v) is 46.3. The quantitative estimate of drug-likeness (QED) is 0.0995. The molecule has 9 rings (SSSR count). The summed E-state index contributed by atoms with van der Waals surface area (Å²) in [6.45, 7) is 27.4. The van der Waals surface area contributed by atoms with Gasteiger partial charge in [0, 0.05) is 32.5 Å². The van der Waals surface area contributed by atoms with E-state index in [4.69, 9.17) is 11.6 Å². The topological polar surface area (TPSA) is 6.48 Å². The first-order valence-corrected chi connectivity index (χ1v) is 28.4. The molecule has 0 amide bonds.